The van der Waals surface area contributed by atoms with Gasteiger partial charge in [-0.2, -0.15) is 4.98 Å². The first-order chi connectivity index (χ1) is 14.3. The Kier molecular flexibility index (Phi) is 5.20. The van der Waals surface area contributed by atoms with Gasteiger partial charge in [-0.1, -0.05) is 54.2 Å². The van der Waals surface area contributed by atoms with E-state index in [2.05, 4.69) is 61.5 Å². The zero-order valence-corrected chi connectivity index (χ0v) is 17.7. The average Bonchev–Trinajstić information content (AvgIpc) is 3.13. The molecular weight excluding hydrogens is 402 g/mol. The van der Waals surface area contributed by atoms with Crippen LogP contribution in [0.15, 0.2) is 51.5 Å². The van der Waals surface area contributed by atoms with Crippen LogP contribution in [-0.2, 0) is 18.6 Å². The average molecular weight is 424 g/mol. The summed E-state index contributed by atoms with van der Waals surface area (Å²) >= 11 is 3.37. The van der Waals surface area contributed by atoms with Crippen LogP contribution in [0.4, 0.5) is 0 Å². The maximum absolute atomic E-state index is 5.47. The van der Waals surface area contributed by atoms with E-state index in [0.29, 0.717) is 23.5 Å². The number of rotatable bonds is 8. The lowest BCUT2D eigenvalue weighted by atomic mass is 10.1. The third-order valence-corrected chi connectivity index (χ3v) is 6.78. The van der Waals surface area contributed by atoms with Gasteiger partial charge in [0, 0.05) is 22.9 Å². The predicted molar refractivity (Wildman–Crippen MR) is 114 cm³/mol. The Morgan fingerprint density at radius 3 is 2.76 bits per heavy atom. The summed E-state index contributed by atoms with van der Waals surface area (Å²) in [6, 6.07) is 13.0. The fraction of sp³-hybridized carbons (Fsp3) is 0.333. The highest BCUT2D eigenvalue weighted by molar-refractivity contribution is 7.98. The Labute approximate surface area is 177 Å². The zero-order valence-electron chi connectivity index (χ0n) is 16.1. The Balaban J connectivity index is 1.29. The Hall–Kier alpha value is -2.45. The lowest BCUT2D eigenvalue weighted by Gasteiger charge is -2.07. The van der Waals surface area contributed by atoms with Gasteiger partial charge in [0.15, 0.2) is 5.16 Å². The first-order valence-corrected chi connectivity index (χ1v) is 11.7. The molecule has 4 aromatic rings. The van der Waals surface area contributed by atoms with Crippen molar-refractivity contribution in [1.29, 1.82) is 0 Å². The molecule has 3 aromatic heterocycles. The molecule has 1 saturated carbocycles. The van der Waals surface area contributed by atoms with Gasteiger partial charge in [0.1, 0.15) is 5.82 Å². The van der Waals surface area contributed by atoms with Gasteiger partial charge in [-0.15, -0.1) is 21.5 Å². The van der Waals surface area contributed by atoms with Crippen molar-refractivity contribution in [1.82, 2.24) is 24.9 Å². The van der Waals surface area contributed by atoms with Gasteiger partial charge in [-0.3, -0.25) is 0 Å². The van der Waals surface area contributed by atoms with Crippen LogP contribution in [0.3, 0.4) is 0 Å². The van der Waals surface area contributed by atoms with Crippen molar-refractivity contribution < 1.29 is 4.52 Å². The smallest absolute Gasteiger partial charge is 0.237 e. The lowest BCUT2D eigenvalue weighted by molar-refractivity contribution is 0.391. The van der Waals surface area contributed by atoms with Gasteiger partial charge in [0.2, 0.25) is 11.7 Å². The molecule has 1 aliphatic rings. The van der Waals surface area contributed by atoms with Crippen molar-refractivity contribution in [2.45, 2.75) is 49.6 Å². The van der Waals surface area contributed by atoms with Crippen LogP contribution < -0.4 is 0 Å². The molecule has 0 unspecified atom stereocenters. The highest BCUT2D eigenvalue weighted by Crippen LogP contribution is 2.39. The van der Waals surface area contributed by atoms with Crippen molar-refractivity contribution in [3.63, 3.8) is 0 Å². The third kappa shape index (κ3) is 4.13. The molecule has 1 aromatic carbocycles. The Morgan fingerprint density at radius 2 is 2.03 bits per heavy atom. The molecule has 0 amide bonds. The van der Waals surface area contributed by atoms with E-state index in [0.717, 1.165) is 29.4 Å². The molecule has 0 atom stereocenters. The normalized spacial score (nSPS) is 13.8. The SMILES string of the molecule is CCc1ccc(-c2noc(CSc3nnc(Cc4cccs4)n3C3CC3)n2)cc1. The third-order valence-electron chi connectivity index (χ3n) is 4.97. The van der Waals surface area contributed by atoms with E-state index in [1.165, 1.54) is 23.3 Å². The molecule has 29 heavy (non-hydrogen) atoms. The van der Waals surface area contributed by atoms with Gasteiger partial charge in [0.25, 0.3) is 0 Å². The molecular formula is C21H21N5OS2. The number of aryl methyl sites for hydroxylation is 1. The minimum absolute atomic E-state index is 0.526. The van der Waals surface area contributed by atoms with Gasteiger partial charge in [-0.25, -0.2) is 0 Å². The summed E-state index contributed by atoms with van der Waals surface area (Å²) in [6.45, 7) is 2.14. The van der Waals surface area contributed by atoms with E-state index in [-0.39, 0.29) is 0 Å². The van der Waals surface area contributed by atoms with Gasteiger partial charge in [-0.05, 0) is 36.3 Å². The molecule has 3 heterocycles. The molecule has 0 N–H and O–H groups in total. The zero-order chi connectivity index (χ0) is 19.6. The maximum Gasteiger partial charge on any atom is 0.237 e. The first kappa shape index (κ1) is 18.6. The first-order valence-electron chi connectivity index (χ1n) is 9.81. The topological polar surface area (TPSA) is 69.6 Å². The number of aromatic nitrogens is 5. The summed E-state index contributed by atoms with van der Waals surface area (Å²) in [5.41, 5.74) is 2.27. The van der Waals surface area contributed by atoms with Crippen molar-refractivity contribution in [2.24, 2.45) is 0 Å². The highest BCUT2D eigenvalue weighted by atomic mass is 32.2. The Morgan fingerprint density at radius 1 is 1.17 bits per heavy atom. The molecule has 0 saturated heterocycles. The molecule has 6 nitrogen and oxygen atoms in total. The standard InChI is InChI=1S/C21H21N5OS2/c1-2-14-5-7-15(8-6-14)20-22-19(27-25-20)13-29-21-24-23-18(26(21)16-9-10-16)12-17-4-3-11-28-17/h3-8,11,16H,2,9-10,12-13H2,1H3. The second-order valence-corrected chi connectivity index (χ2v) is 9.08. The van der Waals surface area contributed by atoms with Crippen LogP contribution in [0.5, 0.6) is 0 Å². The van der Waals surface area contributed by atoms with E-state index in [1.807, 2.05) is 12.1 Å². The summed E-state index contributed by atoms with van der Waals surface area (Å²) in [7, 11) is 0. The van der Waals surface area contributed by atoms with Gasteiger partial charge < -0.3 is 9.09 Å². The second-order valence-electron chi connectivity index (χ2n) is 7.11. The molecule has 148 valence electrons. The molecule has 0 bridgehead atoms. The number of thioether (sulfide) groups is 1. The Bertz CT molecular complexity index is 1080. The van der Waals surface area contributed by atoms with Crippen molar-refractivity contribution in [3.05, 3.63) is 63.9 Å². The van der Waals surface area contributed by atoms with Crippen molar-refractivity contribution in [3.8, 4) is 11.4 Å². The van der Waals surface area contributed by atoms with Gasteiger partial charge in [0.05, 0.1) is 5.75 Å². The van der Waals surface area contributed by atoms with E-state index in [9.17, 15) is 0 Å². The fourth-order valence-corrected chi connectivity index (χ4v) is 4.80. The van der Waals surface area contributed by atoms with Crippen LogP contribution >= 0.6 is 23.1 Å². The van der Waals surface area contributed by atoms with E-state index in [1.54, 1.807) is 23.1 Å². The second kappa shape index (κ2) is 8.12. The summed E-state index contributed by atoms with van der Waals surface area (Å²) in [4.78, 5) is 5.87. The summed E-state index contributed by atoms with van der Waals surface area (Å²) in [6.07, 6.45) is 4.24. The van der Waals surface area contributed by atoms with E-state index < -0.39 is 0 Å². The molecule has 0 radical (unpaired) electrons. The number of hydrogen-bond acceptors (Lipinski definition) is 7. The molecule has 1 fully saturated rings. The fourth-order valence-electron chi connectivity index (χ4n) is 3.24. The summed E-state index contributed by atoms with van der Waals surface area (Å²) < 4.78 is 7.76. The molecule has 0 spiro atoms. The number of thiophene rings is 1. The maximum atomic E-state index is 5.47. The van der Waals surface area contributed by atoms with Crippen LogP contribution in [-0.4, -0.2) is 24.9 Å². The minimum Gasteiger partial charge on any atom is -0.338 e. The van der Waals surface area contributed by atoms with Crippen LogP contribution in [0, 0.1) is 0 Å². The lowest BCUT2D eigenvalue weighted by Crippen LogP contribution is -2.03. The summed E-state index contributed by atoms with van der Waals surface area (Å²) in [5, 5.41) is 16.1. The number of benzene rings is 1. The number of hydrogen-bond donors (Lipinski definition) is 0. The highest BCUT2D eigenvalue weighted by Gasteiger charge is 2.30. The van der Waals surface area contributed by atoms with Crippen molar-refractivity contribution >= 4 is 23.1 Å². The van der Waals surface area contributed by atoms with E-state index >= 15 is 0 Å². The quantitative estimate of drug-likeness (QED) is 0.364. The minimum atomic E-state index is 0.526. The molecule has 8 heteroatoms. The molecule has 0 aliphatic heterocycles. The summed E-state index contributed by atoms with van der Waals surface area (Å²) in [5.74, 6) is 2.86. The largest absolute Gasteiger partial charge is 0.338 e. The van der Waals surface area contributed by atoms with E-state index in [4.69, 9.17) is 4.52 Å². The van der Waals surface area contributed by atoms with Crippen LogP contribution in [0.25, 0.3) is 11.4 Å². The molecule has 1 aliphatic carbocycles. The molecule has 5 rings (SSSR count). The number of nitrogens with zero attached hydrogens (tertiary/aromatic N) is 5. The predicted octanol–water partition coefficient (Wildman–Crippen LogP) is 5.17. The van der Waals surface area contributed by atoms with Crippen molar-refractivity contribution in [2.75, 3.05) is 0 Å². The monoisotopic (exact) mass is 423 g/mol. The van der Waals surface area contributed by atoms with Crippen LogP contribution in [0.2, 0.25) is 0 Å². The van der Waals surface area contributed by atoms with Gasteiger partial charge >= 0.3 is 0 Å². The van der Waals surface area contributed by atoms with Crippen LogP contribution in [0.1, 0.15) is 48.0 Å².